The number of pyridine rings is 1. The number of hydrogen-bond acceptors (Lipinski definition) is 4. The number of aromatic nitrogens is 1. The summed E-state index contributed by atoms with van der Waals surface area (Å²) in [4.78, 5) is 18.4. The first kappa shape index (κ1) is 16.5. The van der Waals surface area contributed by atoms with Crippen LogP contribution in [0.1, 0.15) is 36.5 Å². The Morgan fingerprint density at radius 3 is 3.00 bits per heavy atom. The second kappa shape index (κ2) is 7.40. The van der Waals surface area contributed by atoms with E-state index in [-0.39, 0.29) is 17.9 Å². The molecule has 2 heterocycles. The molecule has 1 aromatic rings. The Labute approximate surface area is 132 Å². The lowest BCUT2D eigenvalue weighted by molar-refractivity contribution is 0.0955. The summed E-state index contributed by atoms with van der Waals surface area (Å²) in [5.41, 5.74) is 0.446. The molecular formula is C17H25N3O2. The van der Waals surface area contributed by atoms with Crippen molar-refractivity contribution in [2.75, 3.05) is 31.1 Å². The van der Waals surface area contributed by atoms with Gasteiger partial charge in [0.1, 0.15) is 5.82 Å². The molecule has 1 aliphatic heterocycles. The van der Waals surface area contributed by atoms with Crippen LogP contribution in [0.3, 0.4) is 0 Å². The van der Waals surface area contributed by atoms with Crippen molar-refractivity contribution in [2.24, 2.45) is 5.41 Å². The number of rotatable bonds is 6. The van der Waals surface area contributed by atoms with Crippen LogP contribution in [0.2, 0.25) is 0 Å². The molecule has 5 nitrogen and oxygen atoms in total. The maximum atomic E-state index is 11.8. The van der Waals surface area contributed by atoms with Crippen molar-refractivity contribution in [3.8, 4) is 0 Å². The van der Waals surface area contributed by atoms with Gasteiger partial charge in [0.2, 0.25) is 0 Å². The van der Waals surface area contributed by atoms with E-state index >= 15 is 0 Å². The number of piperidine rings is 1. The van der Waals surface area contributed by atoms with E-state index in [1.807, 2.05) is 19.1 Å². The number of nitrogens with one attached hydrogen (secondary N) is 1. The van der Waals surface area contributed by atoms with E-state index in [1.54, 1.807) is 12.3 Å². The second-order valence-electron chi connectivity index (χ2n) is 5.94. The van der Waals surface area contributed by atoms with Crippen molar-refractivity contribution >= 4 is 11.7 Å². The SMILES string of the molecule is C=CCC1(CO)CCCN(c2ccc(C(=O)NCC)cn2)C1. The number of allylic oxidation sites excluding steroid dienone is 1. The van der Waals surface area contributed by atoms with Crippen molar-refractivity contribution in [1.82, 2.24) is 10.3 Å². The molecule has 0 bridgehead atoms. The monoisotopic (exact) mass is 303 g/mol. The zero-order chi connectivity index (χ0) is 16.0. The topological polar surface area (TPSA) is 65.5 Å². The number of aliphatic hydroxyl groups excluding tert-OH is 1. The molecule has 120 valence electrons. The third-order valence-electron chi connectivity index (χ3n) is 4.25. The molecule has 0 saturated carbocycles. The van der Waals surface area contributed by atoms with Gasteiger partial charge in [-0.05, 0) is 38.3 Å². The lowest BCUT2D eigenvalue weighted by Gasteiger charge is -2.42. The number of anilines is 1. The van der Waals surface area contributed by atoms with Gasteiger partial charge >= 0.3 is 0 Å². The predicted octanol–water partition coefficient (Wildman–Crippen LogP) is 1.99. The Bertz CT molecular complexity index is 515. The quantitative estimate of drug-likeness (QED) is 0.789. The maximum Gasteiger partial charge on any atom is 0.252 e. The second-order valence-corrected chi connectivity index (χ2v) is 5.94. The largest absolute Gasteiger partial charge is 0.396 e. The first-order chi connectivity index (χ1) is 10.6. The molecule has 1 aliphatic rings. The van der Waals surface area contributed by atoms with E-state index in [4.69, 9.17) is 0 Å². The van der Waals surface area contributed by atoms with Gasteiger partial charge in [0.05, 0.1) is 12.2 Å². The molecule has 1 saturated heterocycles. The molecule has 1 atom stereocenters. The fourth-order valence-electron chi connectivity index (χ4n) is 3.04. The van der Waals surface area contributed by atoms with Gasteiger partial charge in [-0.15, -0.1) is 6.58 Å². The number of nitrogens with zero attached hydrogens (tertiary/aromatic N) is 2. The van der Waals surface area contributed by atoms with E-state index < -0.39 is 0 Å². The molecule has 2 rings (SSSR count). The molecule has 5 heteroatoms. The van der Waals surface area contributed by atoms with Crippen LogP contribution in [0.4, 0.5) is 5.82 Å². The molecule has 1 amide bonds. The lowest BCUT2D eigenvalue weighted by Crippen LogP contribution is -2.45. The first-order valence-electron chi connectivity index (χ1n) is 7.85. The number of amides is 1. The number of carbonyl (C=O) groups excluding carboxylic acids is 1. The van der Waals surface area contributed by atoms with Crippen LogP contribution < -0.4 is 10.2 Å². The highest BCUT2D eigenvalue weighted by atomic mass is 16.3. The molecule has 0 spiro atoms. The minimum atomic E-state index is -0.125. The highest BCUT2D eigenvalue weighted by molar-refractivity contribution is 5.93. The summed E-state index contributed by atoms with van der Waals surface area (Å²) in [5, 5.41) is 12.5. The van der Waals surface area contributed by atoms with Gasteiger partial charge in [-0.2, -0.15) is 0 Å². The fourth-order valence-corrected chi connectivity index (χ4v) is 3.04. The highest BCUT2D eigenvalue weighted by Crippen LogP contribution is 2.34. The molecular weight excluding hydrogens is 278 g/mol. The Morgan fingerprint density at radius 2 is 2.41 bits per heavy atom. The summed E-state index contributed by atoms with van der Waals surface area (Å²) in [6, 6.07) is 3.68. The Hall–Kier alpha value is -1.88. The smallest absolute Gasteiger partial charge is 0.252 e. The third-order valence-corrected chi connectivity index (χ3v) is 4.25. The van der Waals surface area contributed by atoms with E-state index in [9.17, 15) is 9.90 Å². The van der Waals surface area contributed by atoms with Crippen LogP contribution in [0.5, 0.6) is 0 Å². The number of carbonyl (C=O) groups is 1. The van der Waals surface area contributed by atoms with Gasteiger partial charge in [0, 0.05) is 31.2 Å². The van der Waals surface area contributed by atoms with Gasteiger partial charge < -0.3 is 15.3 Å². The fraction of sp³-hybridized carbons (Fsp3) is 0.529. The van der Waals surface area contributed by atoms with Crippen molar-refractivity contribution in [2.45, 2.75) is 26.2 Å². The highest BCUT2D eigenvalue weighted by Gasteiger charge is 2.34. The summed E-state index contributed by atoms with van der Waals surface area (Å²) in [5.74, 6) is 0.756. The third kappa shape index (κ3) is 3.65. The number of aliphatic hydroxyl groups is 1. The molecule has 0 aromatic carbocycles. The van der Waals surface area contributed by atoms with Crippen LogP contribution in [0, 0.1) is 5.41 Å². The summed E-state index contributed by atoms with van der Waals surface area (Å²) in [6.07, 6.45) is 6.32. The average Bonchev–Trinajstić information content (AvgIpc) is 2.56. The number of hydrogen-bond donors (Lipinski definition) is 2. The molecule has 1 aromatic heterocycles. The van der Waals surface area contributed by atoms with Gasteiger partial charge in [0.25, 0.3) is 5.91 Å². The van der Waals surface area contributed by atoms with E-state index in [0.717, 1.165) is 38.2 Å². The summed E-state index contributed by atoms with van der Waals surface area (Å²) in [7, 11) is 0. The van der Waals surface area contributed by atoms with Crippen LogP contribution in [-0.4, -0.2) is 42.2 Å². The Kier molecular flexibility index (Phi) is 5.55. The van der Waals surface area contributed by atoms with Gasteiger partial charge in [-0.3, -0.25) is 4.79 Å². The van der Waals surface area contributed by atoms with Crippen molar-refractivity contribution < 1.29 is 9.90 Å². The molecule has 2 N–H and O–H groups in total. The zero-order valence-electron chi connectivity index (χ0n) is 13.2. The summed E-state index contributed by atoms with van der Waals surface area (Å²) < 4.78 is 0. The van der Waals surface area contributed by atoms with E-state index in [1.165, 1.54) is 0 Å². The van der Waals surface area contributed by atoms with Crippen molar-refractivity contribution in [3.05, 3.63) is 36.5 Å². The van der Waals surface area contributed by atoms with Crippen LogP contribution in [0.15, 0.2) is 31.0 Å². The van der Waals surface area contributed by atoms with Gasteiger partial charge in [-0.1, -0.05) is 6.08 Å². The van der Waals surface area contributed by atoms with E-state index in [2.05, 4.69) is 21.8 Å². The zero-order valence-corrected chi connectivity index (χ0v) is 13.2. The Morgan fingerprint density at radius 1 is 1.59 bits per heavy atom. The maximum absolute atomic E-state index is 11.8. The van der Waals surface area contributed by atoms with Crippen LogP contribution >= 0.6 is 0 Å². The minimum absolute atomic E-state index is 0.100. The Balaban J connectivity index is 2.10. The van der Waals surface area contributed by atoms with E-state index in [0.29, 0.717) is 12.1 Å². The van der Waals surface area contributed by atoms with Crippen LogP contribution in [-0.2, 0) is 0 Å². The van der Waals surface area contributed by atoms with Gasteiger partial charge in [-0.25, -0.2) is 4.98 Å². The van der Waals surface area contributed by atoms with Crippen molar-refractivity contribution in [1.29, 1.82) is 0 Å². The predicted molar refractivity (Wildman–Crippen MR) is 88.0 cm³/mol. The standard InChI is InChI=1S/C17H25N3O2/c1-3-8-17(13-21)9-5-10-20(12-17)15-7-6-14(11-19-15)16(22)18-4-2/h3,6-7,11,21H,1,4-5,8-10,12-13H2,2H3,(H,18,22). The molecule has 22 heavy (non-hydrogen) atoms. The van der Waals surface area contributed by atoms with Crippen LogP contribution in [0.25, 0.3) is 0 Å². The molecule has 0 aliphatic carbocycles. The molecule has 1 unspecified atom stereocenters. The first-order valence-corrected chi connectivity index (χ1v) is 7.85. The normalized spacial score (nSPS) is 21.5. The summed E-state index contributed by atoms with van der Waals surface area (Å²) >= 11 is 0. The minimum Gasteiger partial charge on any atom is -0.396 e. The van der Waals surface area contributed by atoms with Gasteiger partial charge in [0.15, 0.2) is 0 Å². The van der Waals surface area contributed by atoms with Crippen molar-refractivity contribution in [3.63, 3.8) is 0 Å². The summed E-state index contributed by atoms with van der Waals surface area (Å²) in [6.45, 7) is 8.15. The lowest BCUT2D eigenvalue weighted by atomic mass is 9.78. The molecule has 1 fully saturated rings. The molecule has 0 radical (unpaired) electrons. The average molecular weight is 303 g/mol.